The highest BCUT2D eigenvalue weighted by molar-refractivity contribution is 5.63. The molecule has 1 heterocycles. The van der Waals surface area contributed by atoms with E-state index in [0.29, 0.717) is 17.9 Å². The van der Waals surface area contributed by atoms with Gasteiger partial charge in [-0.15, -0.1) is 0 Å². The van der Waals surface area contributed by atoms with Gasteiger partial charge in [-0.1, -0.05) is 12.2 Å². The molecule has 0 radical (unpaired) electrons. The molecule has 0 saturated heterocycles. The van der Waals surface area contributed by atoms with Gasteiger partial charge >= 0.3 is 0 Å². The third kappa shape index (κ3) is 2.49. The number of nitrogens with two attached hydrogens (primary N) is 2. The van der Waals surface area contributed by atoms with Gasteiger partial charge in [-0.3, -0.25) is 0 Å². The summed E-state index contributed by atoms with van der Waals surface area (Å²) in [5.74, 6) is 0.331. The van der Waals surface area contributed by atoms with Gasteiger partial charge < -0.3 is 11.5 Å². The number of nitrogens with zero attached hydrogens (tertiary/aromatic N) is 2. The van der Waals surface area contributed by atoms with Crippen LogP contribution in [0.2, 0.25) is 0 Å². The second-order valence-corrected chi connectivity index (χ2v) is 2.51. The highest BCUT2D eigenvalue weighted by atomic mass is 14.9. The number of aromatic nitrogens is 1. The molecule has 0 bridgehead atoms. The second kappa shape index (κ2) is 4.12. The Balaban J connectivity index is 2.81. The smallest absolute Gasteiger partial charge is 0.146 e. The van der Waals surface area contributed by atoms with Gasteiger partial charge in [0.2, 0.25) is 0 Å². The van der Waals surface area contributed by atoms with E-state index in [9.17, 15) is 0 Å². The van der Waals surface area contributed by atoms with Crippen LogP contribution in [0, 0.1) is 11.3 Å². The fraction of sp³-hybridized carbons (Fsp3) is 0.111. The summed E-state index contributed by atoms with van der Waals surface area (Å²) in [7, 11) is 0. The lowest BCUT2D eigenvalue weighted by Gasteiger charge is -1.98. The molecule has 0 fully saturated rings. The first kappa shape index (κ1) is 9.07. The molecule has 0 aromatic carbocycles. The molecule has 0 amide bonds. The Morgan fingerprint density at radius 3 is 2.92 bits per heavy atom. The number of nitrogen functional groups attached to an aromatic ring is 2. The molecule has 0 aliphatic heterocycles. The first-order valence-electron chi connectivity index (χ1n) is 3.78. The monoisotopic (exact) mass is 174 g/mol. The summed E-state index contributed by atoms with van der Waals surface area (Å²) >= 11 is 0. The highest BCUT2D eigenvalue weighted by Crippen LogP contribution is 2.13. The number of hydrogen-bond acceptors (Lipinski definition) is 4. The largest absolute Gasteiger partial charge is 0.396 e. The Hall–Kier alpha value is -2.02. The van der Waals surface area contributed by atoms with Crippen molar-refractivity contribution in [3.8, 4) is 6.07 Å². The minimum Gasteiger partial charge on any atom is -0.396 e. The summed E-state index contributed by atoms with van der Waals surface area (Å²) in [5.41, 5.74) is 12.3. The number of allylic oxidation sites excluding steroid dienone is 1. The van der Waals surface area contributed by atoms with E-state index in [2.05, 4.69) is 4.98 Å². The summed E-state index contributed by atoms with van der Waals surface area (Å²) in [4.78, 5) is 3.88. The molecule has 66 valence electrons. The summed E-state index contributed by atoms with van der Waals surface area (Å²) in [6, 6.07) is 3.72. The van der Waals surface area contributed by atoms with E-state index >= 15 is 0 Å². The lowest BCUT2D eigenvalue weighted by molar-refractivity contribution is 1.32. The maximum atomic E-state index is 8.28. The first-order valence-corrected chi connectivity index (χ1v) is 3.78. The molecular formula is C9H10N4. The average molecular weight is 174 g/mol. The maximum absolute atomic E-state index is 8.28. The van der Waals surface area contributed by atoms with Gasteiger partial charge in [0.1, 0.15) is 5.82 Å². The number of hydrogen-bond donors (Lipinski definition) is 2. The van der Waals surface area contributed by atoms with Crippen molar-refractivity contribution < 1.29 is 0 Å². The molecule has 4 N–H and O–H groups in total. The van der Waals surface area contributed by atoms with E-state index in [1.54, 1.807) is 24.4 Å². The Labute approximate surface area is 76.5 Å². The molecule has 0 saturated carbocycles. The molecule has 4 heteroatoms. The zero-order chi connectivity index (χ0) is 9.68. The number of anilines is 2. The van der Waals surface area contributed by atoms with E-state index in [1.807, 2.05) is 6.07 Å². The summed E-state index contributed by atoms with van der Waals surface area (Å²) in [5, 5.41) is 8.28. The molecule has 0 aliphatic carbocycles. The van der Waals surface area contributed by atoms with Gasteiger partial charge in [0, 0.05) is 6.20 Å². The van der Waals surface area contributed by atoms with Gasteiger partial charge in [0.25, 0.3) is 0 Å². The van der Waals surface area contributed by atoms with E-state index in [-0.39, 0.29) is 0 Å². The van der Waals surface area contributed by atoms with Crippen molar-refractivity contribution in [2.75, 3.05) is 11.5 Å². The predicted octanol–water partition coefficient (Wildman–Crippen LogP) is 1.17. The van der Waals surface area contributed by atoms with E-state index in [0.717, 1.165) is 5.56 Å². The van der Waals surface area contributed by atoms with Gasteiger partial charge in [0.15, 0.2) is 0 Å². The summed E-state index contributed by atoms with van der Waals surface area (Å²) < 4.78 is 0. The lowest BCUT2D eigenvalue weighted by atomic mass is 10.2. The van der Waals surface area contributed by atoms with E-state index < -0.39 is 0 Å². The molecule has 13 heavy (non-hydrogen) atoms. The minimum atomic E-state index is 0.331. The lowest BCUT2D eigenvalue weighted by Crippen LogP contribution is -1.97. The van der Waals surface area contributed by atoms with Crippen molar-refractivity contribution in [3.63, 3.8) is 0 Å². The predicted molar refractivity (Wildman–Crippen MR) is 52.3 cm³/mol. The Kier molecular flexibility index (Phi) is 2.87. The SMILES string of the molecule is N#CCC=Cc1cnc(N)c(N)c1. The molecule has 0 spiro atoms. The molecule has 1 aromatic rings. The standard InChI is InChI=1S/C9H10N4/c10-4-2-1-3-7-5-8(11)9(12)13-6-7/h1,3,5-6H,2,11H2,(H2,12,13). The molecule has 1 aromatic heterocycles. The van der Waals surface area contributed by atoms with Crippen LogP contribution in [-0.2, 0) is 0 Å². The topological polar surface area (TPSA) is 88.7 Å². The number of rotatable bonds is 2. The average Bonchev–Trinajstić information content (AvgIpc) is 2.12. The van der Waals surface area contributed by atoms with Crippen LogP contribution >= 0.6 is 0 Å². The van der Waals surface area contributed by atoms with Crippen molar-refractivity contribution in [2.45, 2.75) is 6.42 Å². The quantitative estimate of drug-likeness (QED) is 0.704. The zero-order valence-electron chi connectivity index (χ0n) is 7.07. The van der Waals surface area contributed by atoms with Crippen LogP contribution in [0.15, 0.2) is 18.3 Å². The van der Waals surface area contributed by atoms with Crippen molar-refractivity contribution in [3.05, 3.63) is 23.9 Å². The fourth-order valence-corrected chi connectivity index (χ4v) is 0.848. The third-order valence-electron chi connectivity index (χ3n) is 1.49. The highest BCUT2D eigenvalue weighted by Gasteiger charge is 1.94. The van der Waals surface area contributed by atoms with Gasteiger partial charge in [-0.25, -0.2) is 4.98 Å². The summed E-state index contributed by atoms with van der Waals surface area (Å²) in [6.45, 7) is 0. The van der Waals surface area contributed by atoms with Crippen LogP contribution in [0.1, 0.15) is 12.0 Å². The van der Waals surface area contributed by atoms with E-state index in [4.69, 9.17) is 16.7 Å². The Morgan fingerprint density at radius 2 is 2.31 bits per heavy atom. The van der Waals surface area contributed by atoms with Crippen LogP contribution in [0.5, 0.6) is 0 Å². The van der Waals surface area contributed by atoms with Gasteiger partial charge in [0.05, 0.1) is 18.2 Å². The number of nitriles is 1. The normalized spacial score (nSPS) is 10.1. The molecule has 0 unspecified atom stereocenters. The fourth-order valence-electron chi connectivity index (χ4n) is 0.848. The Morgan fingerprint density at radius 1 is 1.54 bits per heavy atom. The van der Waals surface area contributed by atoms with Gasteiger partial charge in [-0.05, 0) is 11.6 Å². The van der Waals surface area contributed by atoms with Crippen LogP contribution < -0.4 is 11.5 Å². The van der Waals surface area contributed by atoms with Crippen molar-refractivity contribution in [2.24, 2.45) is 0 Å². The third-order valence-corrected chi connectivity index (χ3v) is 1.49. The van der Waals surface area contributed by atoms with Crippen molar-refractivity contribution in [1.82, 2.24) is 4.98 Å². The summed E-state index contributed by atoms with van der Waals surface area (Å²) in [6.07, 6.45) is 5.52. The maximum Gasteiger partial charge on any atom is 0.146 e. The van der Waals surface area contributed by atoms with Crippen molar-refractivity contribution >= 4 is 17.6 Å². The molecule has 0 atom stereocenters. The van der Waals surface area contributed by atoms with Crippen LogP contribution in [0.3, 0.4) is 0 Å². The van der Waals surface area contributed by atoms with Gasteiger partial charge in [-0.2, -0.15) is 5.26 Å². The number of pyridine rings is 1. The molecule has 1 rings (SSSR count). The zero-order valence-corrected chi connectivity index (χ0v) is 7.07. The Bertz CT molecular complexity index is 362. The first-order chi connectivity index (χ1) is 6.24. The van der Waals surface area contributed by atoms with Crippen LogP contribution in [0.4, 0.5) is 11.5 Å². The minimum absolute atomic E-state index is 0.331. The van der Waals surface area contributed by atoms with Crippen molar-refractivity contribution in [1.29, 1.82) is 5.26 Å². The molecule has 4 nitrogen and oxygen atoms in total. The van der Waals surface area contributed by atoms with E-state index in [1.165, 1.54) is 0 Å². The second-order valence-electron chi connectivity index (χ2n) is 2.51. The van der Waals surface area contributed by atoms with Crippen LogP contribution in [0.25, 0.3) is 6.08 Å². The van der Waals surface area contributed by atoms with Crippen LogP contribution in [-0.4, -0.2) is 4.98 Å². The molecule has 0 aliphatic rings. The molecular weight excluding hydrogens is 164 g/mol.